The first-order valence-corrected chi connectivity index (χ1v) is 8.72. The van der Waals surface area contributed by atoms with Crippen molar-refractivity contribution in [3.05, 3.63) is 42.5 Å². The zero-order valence-electron chi connectivity index (χ0n) is 12.3. The highest BCUT2D eigenvalue weighted by atomic mass is 32.2. The number of aromatic nitrogens is 2. The van der Waals surface area contributed by atoms with Crippen LogP contribution in [0.2, 0.25) is 0 Å². The van der Waals surface area contributed by atoms with Gasteiger partial charge in [0.15, 0.2) is 4.34 Å². The molecule has 5 nitrogen and oxygen atoms in total. The van der Waals surface area contributed by atoms with Gasteiger partial charge in [0.2, 0.25) is 11.0 Å². The predicted octanol–water partition coefficient (Wildman–Crippen LogP) is 3.43. The molecular formula is C15H18N4OS2. The summed E-state index contributed by atoms with van der Waals surface area (Å²) in [6.45, 7) is 6.35. The van der Waals surface area contributed by atoms with Crippen molar-refractivity contribution in [2.24, 2.45) is 0 Å². The zero-order chi connectivity index (χ0) is 15.8. The Bertz CT molecular complexity index is 642. The lowest BCUT2D eigenvalue weighted by Crippen LogP contribution is -2.15. The van der Waals surface area contributed by atoms with Crippen LogP contribution in [0.4, 0.5) is 10.8 Å². The Balaban J connectivity index is 1.85. The molecule has 0 atom stereocenters. The number of nitrogens with zero attached hydrogens (tertiary/aromatic N) is 2. The van der Waals surface area contributed by atoms with Crippen molar-refractivity contribution >= 4 is 39.8 Å². The first kappa shape index (κ1) is 16.5. The van der Waals surface area contributed by atoms with E-state index in [4.69, 9.17) is 0 Å². The fourth-order valence-electron chi connectivity index (χ4n) is 1.76. The SMILES string of the molecule is C=CCNc1nnc(SCC(=O)Nc2ccccc2CC)s1. The zero-order valence-corrected chi connectivity index (χ0v) is 14.0. The number of benzene rings is 1. The lowest BCUT2D eigenvalue weighted by atomic mass is 10.1. The number of rotatable bonds is 8. The molecule has 1 aromatic carbocycles. The standard InChI is InChI=1S/C15H18N4OS2/c1-3-9-16-14-18-19-15(22-14)21-10-13(20)17-12-8-6-5-7-11(12)4-2/h3,5-8H,1,4,9-10H2,2H3,(H,16,18)(H,17,20). The second kappa shape index (κ2) is 8.55. The van der Waals surface area contributed by atoms with Gasteiger partial charge < -0.3 is 10.6 Å². The van der Waals surface area contributed by atoms with Gasteiger partial charge in [0.1, 0.15) is 0 Å². The molecule has 0 aliphatic heterocycles. The molecule has 2 N–H and O–H groups in total. The maximum atomic E-state index is 12.0. The number of para-hydroxylation sites is 1. The Labute approximate surface area is 138 Å². The molecule has 0 saturated heterocycles. The van der Waals surface area contributed by atoms with Gasteiger partial charge in [-0.1, -0.05) is 54.3 Å². The van der Waals surface area contributed by atoms with Crippen LogP contribution >= 0.6 is 23.1 Å². The number of amides is 1. The maximum Gasteiger partial charge on any atom is 0.234 e. The minimum Gasteiger partial charge on any atom is -0.357 e. The fraction of sp³-hybridized carbons (Fsp3) is 0.267. The average Bonchev–Trinajstić information content (AvgIpc) is 2.99. The van der Waals surface area contributed by atoms with E-state index in [-0.39, 0.29) is 5.91 Å². The van der Waals surface area contributed by atoms with E-state index in [1.807, 2.05) is 24.3 Å². The van der Waals surface area contributed by atoms with Crippen molar-refractivity contribution in [2.45, 2.75) is 17.7 Å². The summed E-state index contributed by atoms with van der Waals surface area (Å²) in [6.07, 6.45) is 2.64. The highest BCUT2D eigenvalue weighted by Gasteiger charge is 2.09. The van der Waals surface area contributed by atoms with E-state index in [9.17, 15) is 4.79 Å². The summed E-state index contributed by atoms with van der Waals surface area (Å²) in [6, 6.07) is 7.83. The second-order valence-electron chi connectivity index (χ2n) is 4.39. The normalized spacial score (nSPS) is 10.2. The van der Waals surface area contributed by atoms with E-state index >= 15 is 0 Å². The molecular weight excluding hydrogens is 316 g/mol. The molecule has 0 fully saturated rings. The summed E-state index contributed by atoms with van der Waals surface area (Å²) in [5.41, 5.74) is 2.01. The number of nitrogens with one attached hydrogen (secondary N) is 2. The van der Waals surface area contributed by atoms with Crippen LogP contribution in [0.25, 0.3) is 0 Å². The molecule has 0 aliphatic rings. The van der Waals surface area contributed by atoms with E-state index in [1.165, 1.54) is 23.1 Å². The maximum absolute atomic E-state index is 12.0. The topological polar surface area (TPSA) is 66.9 Å². The second-order valence-corrected chi connectivity index (χ2v) is 6.59. The van der Waals surface area contributed by atoms with Crippen LogP contribution in [0.15, 0.2) is 41.3 Å². The van der Waals surface area contributed by atoms with Crippen molar-refractivity contribution in [3.8, 4) is 0 Å². The lowest BCUT2D eigenvalue weighted by molar-refractivity contribution is -0.113. The van der Waals surface area contributed by atoms with Gasteiger partial charge in [-0.25, -0.2) is 0 Å². The Morgan fingerprint density at radius 2 is 2.23 bits per heavy atom. The van der Waals surface area contributed by atoms with Crippen molar-refractivity contribution < 1.29 is 4.79 Å². The van der Waals surface area contributed by atoms with Gasteiger partial charge in [-0.3, -0.25) is 4.79 Å². The van der Waals surface area contributed by atoms with Gasteiger partial charge in [0, 0.05) is 12.2 Å². The Morgan fingerprint density at radius 1 is 1.41 bits per heavy atom. The van der Waals surface area contributed by atoms with Gasteiger partial charge in [0.05, 0.1) is 5.75 Å². The van der Waals surface area contributed by atoms with Crippen LogP contribution in [0.1, 0.15) is 12.5 Å². The van der Waals surface area contributed by atoms with Gasteiger partial charge in [-0.15, -0.1) is 16.8 Å². The number of anilines is 2. The molecule has 7 heteroatoms. The molecule has 116 valence electrons. The summed E-state index contributed by atoms with van der Waals surface area (Å²) in [4.78, 5) is 12.0. The van der Waals surface area contributed by atoms with Crippen molar-refractivity contribution in [2.75, 3.05) is 22.9 Å². The molecule has 0 spiro atoms. The van der Waals surface area contributed by atoms with Gasteiger partial charge in [-0.2, -0.15) is 0 Å². The number of aryl methyl sites for hydroxylation is 1. The summed E-state index contributed by atoms with van der Waals surface area (Å²) in [5, 5.41) is 14.8. The third-order valence-electron chi connectivity index (χ3n) is 2.80. The van der Waals surface area contributed by atoms with Gasteiger partial charge >= 0.3 is 0 Å². The third kappa shape index (κ3) is 4.85. The number of carbonyl (C=O) groups is 1. The Hall–Kier alpha value is -1.86. The monoisotopic (exact) mass is 334 g/mol. The van der Waals surface area contributed by atoms with Crippen LogP contribution in [-0.4, -0.2) is 28.4 Å². The van der Waals surface area contributed by atoms with Crippen LogP contribution < -0.4 is 10.6 Å². The van der Waals surface area contributed by atoms with Crippen LogP contribution in [-0.2, 0) is 11.2 Å². The molecule has 2 rings (SSSR count). The molecule has 0 radical (unpaired) electrons. The van der Waals surface area contributed by atoms with Crippen molar-refractivity contribution in [3.63, 3.8) is 0 Å². The molecule has 0 aliphatic carbocycles. The quantitative estimate of drug-likeness (QED) is 0.572. The van der Waals surface area contributed by atoms with E-state index in [2.05, 4.69) is 34.3 Å². The van der Waals surface area contributed by atoms with Crippen LogP contribution in [0.5, 0.6) is 0 Å². The largest absolute Gasteiger partial charge is 0.357 e. The molecule has 1 heterocycles. The van der Waals surface area contributed by atoms with Gasteiger partial charge in [-0.05, 0) is 18.1 Å². The summed E-state index contributed by atoms with van der Waals surface area (Å²) < 4.78 is 0.769. The predicted molar refractivity (Wildman–Crippen MR) is 93.8 cm³/mol. The molecule has 0 unspecified atom stereocenters. The number of thioether (sulfide) groups is 1. The number of hydrogen-bond acceptors (Lipinski definition) is 6. The first-order valence-electron chi connectivity index (χ1n) is 6.91. The summed E-state index contributed by atoms with van der Waals surface area (Å²) >= 11 is 2.81. The molecule has 22 heavy (non-hydrogen) atoms. The minimum absolute atomic E-state index is 0.0401. The Kier molecular flexibility index (Phi) is 6.42. The van der Waals surface area contributed by atoms with Gasteiger partial charge in [0.25, 0.3) is 0 Å². The minimum atomic E-state index is -0.0401. The number of hydrogen-bond donors (Lipinski definition) is 2. The third-order valence-corrected chi connectivity index (χ3v) is 4.82. The first-order chi connectivity index (χ1) is 10.7. The molecule has 0 bridgehead atoms. The van der Waals surface area contributed by atoms with Crippen LogP contribution in [0, 0.1) is 0 Å². The lowest BCUT2D eigenvalue weighted by Gasteiger charge is -2.08. The molecule has 0 saturated carbocycles. The van der Waals surface area contributed by atoms with E-state index in [1.54, 1.807) is 6.08 Å². The molecule has 1 aromatic heterocycles. The number of carbonyl (C=O) groups excluding carboxylic acids is 1. The average molecular weight is 334 g/mol. The summed E-state index contributed by atoms with van der Waals surface area (Å²) in [7, 11) is 0. The highest BCUT2D eigenvalue weighted by Crippen LogP contribution is 2.25. The molecule has 2 aromatic rings. The van der Waals surface area contributed by atoms with Crippen LogP contribution in [0.3, 0.4) is 0 Å². The van der Waals surface area contributed by atoms with E-state index < -0.39 is 0 Å². The summed E-state index contributed by atoms with van der Waals surface area (Å²) in [5.74, 6) is 0.274. The molecule has 1 amide bonds. The smallest absolute Gasteiger partial charge is 0.234 e. The Morgan fingerprint density at radius 3 is 3.00 bits per heavy atom. The van der Waals surface area contributed by atoms with E-state index in [0.29, 0.717) is 12.3 Å². The highest BCUT2D eigenvalue weighted by molar-refractivity contribution is 8.01. The van der Waals surface area contributed by atoms with E-state index in [0.717, 1.165) is 27.1 Å². The fourth-order valence-corrected chi connectivity index (χ4v) is 3.32. The van der Waals surface area contributed by atoms with Crippen molar-refractivity contribution in [1.82, 2.24) is 10.2 Å². The van der Waals surface area contributed by atoms with Crippen molar-refractivity contribution in [1.29, 1.82) is 0 Å².